The van der Waals surface area contributed by atoms with Gasteiger partial charge in [-0.25, -0.2) is 26.3 Å². The predicted octanol–water partition coefficient (Wildman–Crippen LogP) is 10.0. The first kappa shape index (κ1) is 37.1. The quantitative estimate of drug-likeness (QED) is 0.0468. The molecule has 0 atom stereocenters. The Labute approximate surface area is 286 Å². The summed E-state index contributed by atoms with van der Waals surface area (Å²) in [5.74, 6) is -0.0436. The van der Waals surface area contributed by atoms with Gasteiger partial charge in [-0.1, -0.05) is 18.2 Å². The third-order valence-corrected chi connectivity index (χ3v) is 6.37. The van der Waals surface area contributed by atoms with Crippen LogP contribution >= 0.6 is 0 Å². The fourth-order valence-electron chi connectivity index (χ4n) is 3.88. The molecule has 0 spiro atoms. The molecule has 0 aliphatic heterocycles. The van der Waals surface area contributed by atoms with Gasteiger partial charge in [0, 0.05) is 23.5 Å². The van der Waals surface area contributed by atoms with E-state index in [0.29, 0.717) is 22.9 Å². The van der Waals surface area contributed by atoms with Gasteiger partial charge in [-0.2, -0.15) is 0 Å². The number of hydrogen-bond acceptors (Lipinski definition) is 8. The molecular weight excluding hydrogens is 682 g/mol. The molecule has 51 heavy (non-hydrogen) atoms. The van der Waals surface area contributed by atoms with E-state index in [9.17, 15) is 36.5 Å². The Morgan fingerprint density at radius 1 is 0.490 bits per heavy atom. The van der Waals surface area contributed by atoms with E-state index in [2.05, 4.69) is 5.43 Å². The van der Waals surface area contributed by atoms with Crippen molar-refractivity contribution in [1.82, 2.24) is 0 Å². The van der Waals surface area contributed by atoms with E-state index in [-0.39, 0.29) is 11.4 Å². The number of para-hydroxylation sites is 3. The topological polar surface area (TPSA) is 135 Å². The number of nitro groups is 1. The zero-order chi connectivity index (χ0) is 36.9. The first-order valence-corrected chi connectivity index (χ1v) is 14.5. The number of nitrogens with one attached hydrogen (secondary N) is 1. The SMILES string of the molecule is NNc1ccc(Oc2c(F)cccc2F)cc1.Nc1ccc(Oc2c(F)cccc2F)cc1.O=[N+]([O-])c1ccc(Oc2c(F)cccc2F)cc1. The van der Waals surface area contributed by atoms with Crippen LogP contribution in [0.15, 0.2) is 127 Å². The van der Waals surface area contributed by atoms with Crippen LogP contribution in [0.5, 0.6) is 34.5 Å². The summed E-state index contributed by atoms with van der Waals surface area (Å²) in [5, 5.41) is 10.4. The molecule has 0 saturated carbocycles. The number of anilines is 2. The van der Waals surface area contributed by atoms with Gasteiger partial charge in [0.15, 0.2) is 52.2 Å². The van der Waals surface area contributed by atoms with Crippen molar-refractivity contribution >= 4 is 17.1 Å². The maximum Gasteiger partial charge on any atom is 0.269 e. The highest BCUT2D eigenvalue weighted by Gasteiger charge is 2.13. The lowest BCUT2D eigenvalue weighted by atomic mass is 10.3. The number of nitrogens with zero attached hydrogens (tertiary/aromatic N) is 1. The molecule has 0 unspecified atom stereocenters. The van der Waals surface area contributed by atoms with Crippen molar-refractivity contribution in [3.63, 3.8) is 0 Å². The van der Waals surface area contributed by atoms with Gasteiger partial charge in [-0.05, 0) is 97.1 Å². The van der Waals surface area contributed by atoms with E-state index in [0.717, 1.165) is 36.4 Å². The second-order valence-corrected chi connectivity index (χ2v) is 9.95. The van der Waals surface area contributed by atoms with Crippen molar-refractivity contribution in [3.8, 4) is 34.5 Å². The maximum atomic E-state index is 13.3. The zero-order valence-electron chi connectivity index (χ0n) is 26.0. The summed E-state index contributed by atoms with van der Waals surface area (Å²) in [6.45, 7) is 0. The van der Waals surface area contributed by atoms with Gasteiger partial charge >= 0.3 is 0 Å². The van der Waals surface area contributed by atoms with Gasteiger partial charge < -0.3 is 25.4 Å². The van der Waals surface area contributed by atoms with E-state index in [1.165, 1.54) is 42.5 Å². The van der Waals surface area contributed by atoms with E-state index in [4.69, 9.17) is 25.8 Å². The molecule has 0 amide bonds. The van der Waals surface area contributed by atoms with Crippen LogP contribution in [-0.2, 0) is 0 Å². The lowest BCUT2D eigenvalue weighted by Crippen LogP contribution is -2.06. The van der Waals surface area contributed by atoms with Crippen LogP contribution in [0, 0.1) is 45.0 Å². The molecule has 0 fully saturated rings. The van der Waals surface area contributed by atoms with Gasteiger partial charge in [0.2, 0.25) is 0 Å². The third kappa shape index (κ3) is 10.6. The Balaban J connectivity index is 0.000000172. The fourth-order valence-corrected chi connectivity index (χ4v) is 3.88. The van der Waals surface area contributed by atoms with Crippen molar-refractivity contribution in [3.05, 3.63) is 172 Å². The van der Waals surface area contributed by atoms with E-state index in [1.807, 2.05) is 0 Å². The first-order chi connectivity index (χ1) is 24.4. The highest BCUT2D eigenvalue weighted by molar-refractivity contribution is 5.46. The Hall–Kier alpha value is -6.74. The summed E-state index contributed by atoms with van der Waals surface area (Å²) in [6.07, 6.45) is 0. The lowest BCUT2D eigenvalue weighted by molar-refractivity contribution is -0.384. The average molecular weight is 709 g/mol. The number of nitrogens with two attached hydrogens (primary N) is 2. The summed E-state index contributed by atoms with van der Waals surface area (Å²) < 4.78 is 94.8. The van der Waals surface area contributed by atoms with Crippen molar-refractivity contribution in [2.45, 2.75) is 0 Å². The summed E-state index contributed by atoms with van der Waals surface area (Å²) in [4.78, 5) is 9.85. The Morgan fingerprint density at radius 2 is 0.784 bits per heavy atom. The van der Waals surface area contributed by atoms with E-state index < -0.39 is 57.1 Å². The Kier molecular flexibility index (Phi) is 12.8. The van der Waals surface area contributed by atoms with Crippen molar-refractivity contribution in [1.29, 1.82) is 0 Å². The van der Waals surface area contributed by atoms with Crippen LogP contribution in [0.1, 0.15) is 0 Å². The number of ether oxygens (including phenoxy) is 3. The summed E-state index contributed by atoms with van der Waals surface area (Å²) in [6, 6.07) is 28.0. The van der Waals surface area contributed by atoms with Crippen LogP contribution in [0.2, 0.25) is 0 Å². The second-order valence-electron chi connectivity index (χ2n) is 9.95. The normalized spacial score (nSPS) is 10.1. The summed E-state index contributed by atoms with van der Waals surface area (Å²) >= 11 is 0. The number of non-ortho nitro benzene ring substituents is 1. The predicted molar refractivity (Wildman–Crippen MR) is 177 cm³/mol. The molecular formula is C36H26F6N4O5. The molecule has 262 valence electrons. The summed E-state index contributed by atoms with van der Waals surface area (Å²) in [7, 11) is 0. The molecule has 0 saturated heterocycles. The maximum absolute atomic E-state index is 13.3. The number of hydrazine groups is 1. The minimum absolute atomic E-state index is 0.115. The fraction of sp³-hybridized carbons (Fsp3) is 0. The van der Waals surface area contributed by atoms with E-state index >= 15 is 0 Å². The van der Waals surface area contributed by atoms with Crippen molar-refractivity contribution < 1.29 is 45.5 Å². The number of rotatable bonds is 8. The van der Waals surface area contributed by atoms with Gasteiger partial charge in [-0.15, -0.1) is 0 Å². The van der Waals surface area contributed by atoms with Crippen LogP contribution in [-0.4, -0.2) is 4.92 Å². The molecule has 6 rings (SSSR count). The monoisotopic (exact) mass is 708 g/mol. The molecule has 6 aromatic rings. The van der Waals surface area contributed by atoms with Gasteiger partial charge in [0.25, 0.3) is 5.69 Å². The minimum atomic E-state index is -0.839. The molecule has 15 heteroatoms. The van der Waals surface area contributed by atoms with E-state index in [1.54, 1.807) is 48.5 Å². The van der Waals surface area contributed by atoms with Gasteiger partial charge in [-0.3, -0.25) is 16.0 Å². The highest BCUT2D eigenvalue weighted by atomic mass is 19.2. The first-order valence-electron chi connectivity index (χ1n) is 14.5. The molecule has 9 nitrogen and oxygen atoms in total. The molecule has 0 aliphatic rings. The molecule has 0 aromatic heterocycles. The van der Waals surface area contributed by atoms with Gasteiger partial charge in [0.05, 0.1) is 4.92 Å². The van der Waals surface area contributed by atoms with Crippen LogP contribution in [0.25, 0.3) is 0 Å². The molecule has 0 bridgehead atoms. The number of hydrogen-bond donors (Lipinski definition) is 3. The molecule has 6 aromatic carbocycles. The van der Waals surface area contributed by atoms with Crippen LogP contribution < -0.4 is 31.2 Å². The number of nitrogen functional groups attached to an aromatic ring is 2. The number of benzene rings is 6. The highest BCUT2D eigenvalue weighted by Crippen LogP contribution is 2.30. The third-order valence-electron chi connectivity index (χ3n) is 6.37. The number of halogens is 6. The smallest absolute Gasteiger partial charge is 0.269 e. The van der Waals surface area contributed by atoms with Gasteiger partial charge in [0.1, 0.15) is 17.2 Å². The summed E-state index contributed by atoms with van der Waals surface area (Å²) in [5.41, 5.74) is 9.01. The zero-order valence-corrected chi connectivity index (χ0v) is 26.0. The molecule has 0 radical (unpaired) electrons. The molecule has 0 aliphatic carbocycles. The Morgan fingerprint density at radius 3 is 1.08 bits per heavy atom. The van der Waals surface area contributed by atoms with Crippen molar-refractivity contribution in [2.75, 3.05) is 11.2 Å². The second kappa shape index (κ2) is 17.6. The van der Waals surface area contributed by atoms with Crippen LogP contribution in [0.3, 0.4) is 0 Å². The molecule has 5 N–H and O–H groups in total. The Bertz CT molecular complexity index is 2010. The lowest BCUT2D eigenvalue weighted by Gasteiger charge is -2.08. The molecule has 0 heterocycles. The number of nitro benzene ring substituents is 1. The van der Waals surface area contributed by atoms with Crippen LogP contribution in [0.4, 0.5) is 43.4 Å². The standard InChI is InChI=1S/C12H10F2N2O.C12H7F2NO3.C12H9F2NO/c13-10-2-1-3-11(14)12(10)17-9-6-4-8(16-15)5-7-9;13-10-2-1-3-11(14)12(10)18-9-6-4-8(5-7-9)15(16)17;13-10-2-1-3-11(14)12(10)16-9-6-4-8(15)5-7-9/h1-7,16H,15H2;1-7H;1-7H,15H2. The minimum Gasteiger partial charge on any atom is -0.451 e. The largest absolute Gasteiger partial charge is 0.451 e. The van der Waals surface area contributed by atoms with Crippen molar-refractivity contribution in [2.24, 2.45) is 5.84 Å². The average Bonchev–Trinajstić information content (AvgIpc) is 3.12.